The van der Waals surface area contributed by atoms with Crippen molar-refractivity contribution < 1.29 is 18.0 Å². The fraction of sp³-hybridized carbons (Fsp3) is 0.421. The summed E-state index contributed by atoms with van der Waals surface area (Å²) >= 11 is 0. The van der Waals surface area contributed by atoms with E-state index in [2.05, 4.69) is 18.4 Å². The van der Waals surface area contributed by atoms with Crippen molar-refractivity contribution in [3.63, 3.8) is 0 Å². The number of benzene rings is 1. The lowest BCUT2D eigenvalue weighted by Crippen LogP contribution is -2.26. The summed E-state index contributed by atoms with van der Waals surface area (Å²) in [4.78, 5) is 14.2. The number of alkyl halides is 3. The van der Waals surface area contributed by atoms with Gasteiger partial charge in [0.25, 0.3) is 5.91 Å². The Morgan fingerprint density at radius 3 is 2.16 bits per heavy atom. The van der Waals surface area contributed by atoms with Gasteiger partial charge in [0, 0.05) is 31.0 Å². The minimum atomic E-state index is -4.35. The molecule has 25 heavy (non-hydrogen) atoms. The molecule has 2 aromatic rings. The molecule has 1 heterocycles. The Bertz CT molecular complexity index is 758. The Kier molecular flexibility index (Phi) is 5.30. The first-order valence-corrected chi connectivity index (χ1v) is 8.12. The van der Waals surface area contributed by atoms with Crippen LogP contribution in [0, 0.1) is 13.8 Å². The van der Waals surface area contributed by atoms with E-state index in [1.807, 2.05) is 19.9 Å². The van der Waals surface area contributed by atoms with Crippen LogP contribution in [0.2, 0.25) is 0 Å². The number of aromatic nitrogens is 1. The number of hydrogen-bond acceptors (Lipinski definition) is 1. The second-order valence-electron chi connectivity index (χ2n) is 6.60. The monoisotopic (exact) mass is 352 g/mol. The van der Waals surface area contributed by atoms with E-state index in [-0.39, 0.29) is 18.5 Å². The summed E-state index contributed by atoms with van der Waals surface area (Å²) < 4.78 is 39.9. The maximum Gasteiger partial charge on any atom is 0.416 e. The second kappa shape index (κ2) is 6.94. The van der Waals surface area contributed by atoms with Gasteiger partial charge in [-0.2, -0.15) is 13.2 Å². The molecule has 6 heteroatoms. The molecule has 2 rings (SSSR count). The smallest absolute Gasteiger partial charge is 0.346 e. The highest BCUT2D eigenvalue weighted by Crippen LogP contribution is 2.29. The van der Waals surface area contributed by atoms with Crippen molar-refractivity contribution in [1.82, 2.24) is 9.47 Å². The fourth-order valence-electron chi connectivity index (χ4n) is 3.14. The molecule has 0 bridgehead atoms. The minimum Gasteiger partial charge on any atom is -0.346 e. The molecular weight excluding hydrogens is 329 g/mol. The predicted octanol–water partition coefficient (Wildman–Crippen LogP) is 4.98. The molecule has 1 aromatic carbocycles. The highest BCUT2D eigenvalue weighted by Gasteiger charge is 2.30. The fourth-order valence-corrected chi connectivity index (χ4v) is 3.14. The summed E-state index contributed by atoms with van der Waals surface area (Å²) in [6.45, 7) is 8.23. The largest absolute Gasteiger partial charge is 0.416 e. The molecule has 0 atom stereocenters. The Hall–Kier alpha value is -2.24. The van der Waals surface area contributed by atoms with Gasteiger partial charge in [-0.15, -0.1) is 0 Å². The number of carbonyl (C=O) groups excluding carboxylic acids is 1. The van der Waals surface area contributed by atoms with Crippen LogP contribution in [-0.2, 0) is 12.7 Å². The average Bonchev–Trinajstić information content (AvgIpc) is 2.80. The molecule has 0 saturated carbocycles. The number of hydrogen-bond donors (Lipinski definition) is 0. The van der Waals surface area contributed by atoms with Gasteiger partial charge >= 0.3 is 6.18 Å². The minimum absolute atomic E-state index is 0.139. The molecule has 0 fully saturated rings. The Balaban J connectivity index is 2.17. The van der Waals surface area contributed by atoms with Crippen LogP contribution >= 0.6 is 0 Å². The zero-order valence-corrected chi connectivity index (χ0v) is 15.1. The summed E-state index contributed by atoms with van der Waals surface area (Å²) in [7, 11) is 1.65. The van der Waals surface area contributed by atoms with E-state index in [9.17, 15) is 18.0 Å². The Morgan fingerprint density at radius 2 is 1.72 bits per heavy atom. The molecule has 3 nitrogen and oxygen atoms in total. The van der Waals surface area contributed by atoms with Gasteiger partial charge in [0.15, 0.2) is 0 Å². The van der Waals surface area contributed by atoms with Crippen molar-refractivity contribution in [2.45, 2.75) is 46.5 Å². The van der Waals surface area contributed by atoms with E-state index >= 15 is 0 Å². The number of halogens is 3. The first-order valence-electron chi connectivity index (χ1n) is 8.12. The molecule has 1 aromatic heterocycles. The third kappa shape index (κ3) is 4.06. The van der Waals surface area contributed by atoms with Crippen LogP contribution < -0.4 is 0 Å². The van der Waals surface area contributed by atoms with Crippen molar-refractivity contribution in [2.75, 3.05) is 7.05 Å². The van der Waals surface area contributed by atoms with E-state index < -0.39 is 11.7 Å². The van der Waals surface area contributed by atoms with Crippen molar-refractivity contribution in [2.24, 2.45) is 0 Å². The molecule has 0 unspecified atom stereocenters. The molecule has 0 aliphatic carbocycles. The van der Waals surface area contributed by atoms with Crippen molar-refractivity contribution >= 4 is 5.91 Å². The van der Waals surface area contributed by atoms with Crippen LogP contribution in [0.25, 0.3) is 0 Å². The third-order valence-corrected chi connectivity index (χ3v) is 4.28. The van der Waals surface area contributed by atoms with Crippen molar-refractivity contribution in [1.29, 1.82) is 0 Å². The van der Waals surface area contributed by atoms with Gasteiger partial charge in [0.05, 0.1) is 11.1 Å². The SMILES string of the molecule is Cc1cc(C(=O)N(C)Cc2ccc(C(F)(F)F)cc2)c(C)n1C(C)C. The van der Waals surface area contributed by atoms with E-state index in [1.54, 1.807) is 7.05 Å². The molecular formula is C19H23F3N2O. The van der Waals surface area contributed by atoms with Crippen LogP contribution in [0.4, 0.5) is 13.2 Å². The molecule has 0 aliphatic heterocycles. The highest BCUT2D eigenvalue weighted by atomic mass is 19.4. The molecule has 0 spiro atoms. The van der Waals surface area contributed by atoms with Gasteiger partial charge in [-0.25, -0.2) is 0 Å². The van der Waals surface area contributed by atoms with E-state index in [0.717, 1.165) is 23.5 Å². The lowest BCUT2D eigenvalue weighted by atomic mass is 10.1. The van der Waals surface area contributed by atoms with Gasteiger partial charge in [0.2, 0.25) is 0 Å². The van der Waals surface area contributed by atoms with E-state index in [0.29, 0.717) is 11.1 Å². The maximum atomic E-state index is 12.7. The molecule has 0 aliphatic rings. The molecule has 1 amide bonds. The lowest BCUT2D eigenvalue weighted by molar-refractivity contribution is -0.137. The topological polar surface area (TPSA) is 25.2 Å². The number of carbonyl (C=O) groups is 1. The number of rotatable bonds is 4. The molecule has 136 valence electrons. The average molecular weight is 352 g/mol. The molecule has 0 radical (unpaired) electrons. The van der Waals surface area contributed by atoms with E-state index in [4.69, 9.17) is 0 Å². The zero-order chi connectivity index (χ0) is 18.9. The summed E-state index contributed by atoms with van der Waals surface area (Å²) in [6, 6.07) is 7.01. The third-order valence-electron chi connectivity index (χ3n) is 4.28. The molecule has 0 saturated heterocycles. The first-order chi connectivity index (χ1) is 11.5. The molecule has 0 N–H and O–H groups in total. The summed E-state index contributed by atoms with van der Waals surface area (Å²) in [6.07, 6.45) is -4.35. The first kappa shape index (κ1) is 19.1. The number of amides is 1. The number of aryl methyl sites for hydroxylation is 1. The maximum absolute atomic E-state index is 12.7. The lowest BCUT2D eigenvalue weighted by Gasteiger charge is -2.19. The van der Waals surface area contributed by atoms with Gasteiger partial charge < -0.3 is 9.47 Å². The van der Waals surface area contributed by atoms with Crippen molar-refractivity contribution in [3.8, 4) is 0 Å². The normalized spacial score (nSPS) is 11.9. The standard InChI is InChI=1S/C19H23F3N2O/c1-12(2)24-13(3)10-17(14(24)4)18(25)23(5)11-15-6-8-16(9-7-15)19(20,21)22/h6-10,12H,11H2,1-5H3. The predicted molar refractivity (Wildman–Crippen MR) is 91.5 cm³/mol. The Labute approximate surface area is 146 Å². The summed E-state index contributed by atoms with van der Waals surface area (Å²) in [5, 5.41) is 0. The summed E-state index contributed by atoms with van der Waals surface area (Å²) in [5.74, 6) is -0.139. The van der Waals surface area contributed by atoms with Crippen LogP contribution in [0.5, 0.6) is 0 Å². The zero-order valence-electron chi connectivity index (χ0n) is 15.1. The van der Waals surface area contributed by atoms with Gasteiger partial charge in [-0.05, 0) is 51.5 Å². The van der Waals surface area contributed by atoms with E-state index in [1.165, 1.54) is 17.0 Å². The Morgan fingerprint density at radius 1 is 1.16 bits per heavy atom. The van der Waals surface area contributed by atoms with Crippen LogP contribution in [-0.4, -0.2) is 22.4 Å². The van der Waals surface area contributed by atoms with Gasteiger partial charge in [-0.3, -0.25) is 4.79 Å². The van der Waals surface area contributed by atoms with Gasteiger partial charge in [0.1, 0.15) is 0 Å². The van der Waals surface area contributed by atoms with Crippen molar-refractivity contribution in [3.05, 3.63) is 58.4 Å². The summed E-state index contributed by atoms with van der Waals surface area (Å²) in [5.41, 5.74) is 2.50. The quantitative estimate of drug-likeness (QED) is 0.762. The second-order valence-corrected chi connectivity index (χ2v) is 6.60. The number of nitrogens with zero attached hydrogens (tertiary/aromatic N) is 2. The van der Waals surface area contributed by atoms with Crippen LogP contribution in [0.15, 0.2) is 30.3 Å². The van der Waals surface area contributed by atoms with Gasteiger partial charge in [-0.1, -0.05) is 12.1 Å². The van der Waals surface area contributed by atoms with Crippen LogP contribution in [0.3, 0.4) is 0 Å². The highest BCUT2D eigenvalue weighted by molar-refractivity contribution is 5.95. The van der Waals surface area contributed by atoms with Crippen LogP contribution in [0.1, 0.15) is 52.8 Å².